The Morgan fingerprint density at radius 3 is 2.58 bits per heavy atom. The van der Waals surface area contributed by atoms with Crippen molar-refractivity contribution in [2.75, 3.05) is 19.5 Å². The molecule has 1 aliphatic heterocycles. The second kappa shape index (κ2) is 6.41. The summed E-state index contributed by atoms with van der Waals surface area (Å²) >= 11 is 0. The molecule has 134 valence electrons. The van der Waals surface area contributed by atoms with Crippen LogP contribution in [0.5, 0.6) is 11.5 Å². The van der Waals surface area contributed by atoms with Gasteiger partial charge in [0.2, 0.25) is 0 Å². The number of carboxylic acids is 1. The maximum Gasteiger partial charge on any atom is 0.335 e. The molecule has 4 rings (SSSR count). The molecule has 0 unspecified atom stereocenters. The Hall–Kier alpha value is -2.95. The summed E-state index contributed by atoms with van der Waals surface area (Å²) in [5, 5.41) is 12.8. The van der Waals surface area contributed by atoms with Gasteiger partial charge in [-0.2, -0.15) is 0 Å². The number of nitrogens with one attached hydrogen (secondary N) is 1. The van der Waals surface area contributed by atoms with Crippen LogP contribution in [0.25, 0.3) is 0 Å². The Morgan fingerprint density at radius 2 is 1.92 bits per heavy atom. The van der Waals surface area contributed by atoms with E-state index in [1.807, 2.05) is 18.2 Å². The molecule has 0 saturated heterocycles. The van der Waals surface area contributed by atoms with Gasteiger partial charge in [-0.3, -0.25) is 0 Å². The van der Waals surface area contributed by atoms with E-state index < -0.39 is 5.97 Å². The van der Waals surface area contributed by atoms with Gasteiger partial charge in [0.05, 0.1) is 31.5 Å². The number of rotatable bonds is 4. The highest BCUT2D eigenvalue weighted by Crippen LogP contribution is 2.53. The summed E-state index contributed by atoms with van der Waals surface area (Å²) in [6.07, 6.45) is 5.44. The molecule has 2 aromatic rings. The Balaban J connectivity index is 1.77. The molecule has 1 heterocycles. The minimum atomic E-state index is -0.910. The molecule has 5 nitrogen and oxygen atoms in total. The van der Waals surface area contributed by atoms with Crippen LogP contribution < -0.4 is 14.8 Å². The van der Waals surface area contributed by atoms with Gasteiger partial charge in [0, 0.05) is 12.0 Å². The van der Waals surface area contributed by atoms with Gasteiger partial charge in [0.1, 0.15) is 11.5 Å². The van der Waals surface area contributed by atoms with Crippen LogP contribution in [0.15, 0.2) is 48.6 Å². The Morgan fingerprint density at radius 1 is 1.15 bits per heavy atom. The van der Waals surface area contributed by atoms with Crippen molar-refractivity contribution in [3.05, 3.63) is 65.2 Å². The third-order valence-corrected chi connectivity index (χ3v) is 5.38. The molecule has 2 aliphatic rings. The van der Waals surface area contributed by atoms with Crippen LogP contribution in [-0.4, -0.2) is 25.3 Å². The fraction of sp³-hybridized carbons (Fsp3) is 0.286. The zero-order chi connectivity index (χ0) is 18.3. The summed E-state index contributed by atoms with van der Waals surface area (Å²) in [6, 6.07) is 11.2. The van der Waals surface area contributed by atoms with E-state index in [0.717, 1.165) is 29.2 Å². The van der Waals surface area contributed by atoms with Crippen molar-refractivity contribution < 1.29 is 19.4 Å². The van der Waals surface area contributed by atoms with Crippen molar-refractivity contribution >= 4 is 11.7 Å². The van der Waals surface area contributed by atoms with Gasteiger partial charge in [-0.05, 0) is 41.7 Å². The molecule has 0 saturated carbocycles. The number of hydrogen-bond donors (Lipinski definition) is 2. The zero-order valence-electron chi connectivity index (χ0n) is 14.7. The summed E-state index contributed by atoms with van der Waals surface area (Å²) in [5.74, 6) is 1.28. The predicted octanol–water partition coefficient (Wildman–Crippen LogP) is 4.23. The number of aromatic carboxylic acids is 1. The van der Waals surface area contributed by atoms with Crippen molar-refractivity contribution in [2.45, 2.75) is 18.4 Å². The van der Waals surface area contributed by atoms with Gasteiger partial charge in [-0.1, -0.05) is 24.3 Å². The highest BCUT2D eigenvalue weighted by molar-refractivity contribution is 5.87. The quantitative estimate of drug-likeness (QED) is 0.807. The van der Waals surface area contributed by atoms with E-state index in [4.69, 9.17) is 14.6 Å². The topological polar surface area (TPSA) is 67.8 Å². The fourth-order valence-electron chi connectivity index (χ4n) is 4.08. The largest absolute Gasteiger partial charge is 0.497 e. The Bertz CT molecular complexity index is 872. The number of benzene rings is 2. The highest BCUT2D eigenvalue weighted by Gasteiger charge is 2.39. The van der Waals surface area contributed by atoms with Crippen LogP contribution in [0.2, 0.25) is 0 Å². The highest BCUT2D eigenvalue weighted by atomic mass is 16.5. The van der Waals surface area contributed by atoms with E-state index in [1.165, 1.54) is 5.56 Å². The van der Waals surface area contributed by atoms with E-state index in [-0.39, 0.29) is 12.0 Å². The number of methoxy groups -OCH3 is 2. The molecule has 2 aromatic carbocycles. The van der Waals surface area contributed by atoms with Gasteiger partial charge < -0.3 is 19.9 Å². The van der Waals surface area contributed by atoms with Crippen molar-refractivity contribution in [3.63, 3.8) is 0 Å². The zero-order valence-corrected chi connectivity index (χ0v) is 14.7. The van der Waals surface area contributed by atoms with E-state index in [2.05, 4.69) is 23.5 Å². The number of carboxylic acid groups (broad SMARTS) is 1. The van der Waals surface area contributed by atoms with Crippen LogP contribution in [0.1, 0.15) is 39.9 Å². The average Bonchev–Trinajstić information content (AvgIpc) is 3.16. The molecular formula is C21H21NO4. The number of allylic oxidation sites excluding steroid dienone is 2. The summed E-state index contributed by atoms with van der Waals surface area (Å²) in [6.45, 7) is 0. The third-order valence-electron chi connectivity index (χ3n) is 5.38. The molecule has 26 heavy (non-hydrogen) atoms. The molecule has 3 atom stereocenters. The van der Waals surface area contributed by atoms with Gasteiger partial charge in [0.25, 0.3) is 0 Å². The summed E-state index contributed by atoms with van der Waals surface area (Å²) in [5.41, 5.74) is 3.54. The minimum Gasteiger partial charge on any atom is -0.497 e. The molecule has 0 spiro atoms. The van der Waals surface area contributed by atoms with Gasteiger partial charge in [-0.15, -0.1) is 0 Å². The van der Waals surface area contributed by atoms with Gasteiger partial charge in [0.15, 0.2) is 0 Å². The lowest BCUT2D eigenvalue weighted by Gasteiger charge is -2.38. The first-order valence-electron chi connectivity index (χ1n) is 8.64. The van der Waals surface area contributed by atoms with Crippen molar-refractivity contribution in [1.82, 2.24) is 0 Å². The number of hydrogen-bond acceptors (Lipinski definition) is 4. The molecular weight excluding hydrogens is 330 g/mol. The molecule has 2 N–H and O–H groups in total. The second-order valence-electron chi connectivity index (χ2n) is 6.70. The first kappa shape index (κ1) is 16.5. The number of carbonyl (C=O) groups is 1. The lowest BCUT2D eigenvalue weighted by atomic mass is 9.76. The van der Waals surface area contributed by atoms with Gasteiger partial charge >= 0.3 is 5.97 Å². The normalized spacial score (nSPS) is 22.9. The fourth-order valence-corrected chi connectivity index (χ4v) is 4.08. The van der Waals surface area contributed by atoms with Crippen molar-refractivity contribution in [1.29, 1.82) is 0 Å². The molecule has 0 bridgehead atoms. The summed E-state index contributed by atoms with van der Waals surface area (Å²) in [7, 11) is 3.32. The number of ether oxygens (including phenoxy) is 2. The van der Waals surface area contributed by atoms with E-state index >= 15 is 0 Å². The van der Waals surface area contributed by atoms with Crippen LogP contribution in [-0.2, 0) is 0 Å². The first-order valence-corrected chi connectivity index (χ1v) is 8.64. The van der Waals surface area contributed by atoms with Gasteiger partial charge in [-0.25, -0.2) is 4.79 Å². The van der Waals surface area contributed by atoms with Crippen LogP contribution >= 0.6 is 0 Å². The maximum absolute atomic E-state index is 11.1. The second-order valence-corrected chi connectivity index (χ2v) is 6.70. The van der Waals surface area contributed by atoms with Crippen molar-refractivity contribution in [3.8, 4) is 11.5 Å². The summed E-state index contributed by atoms with van der Waals surface area (Å²) in [4.78, 5) is 11.1. The van der Waals surface area contributed by atoms with Crippen molar-refractivity contribution in [2.24, 2.45) is 5.92 Å². The lowest BCUT2D eigenvalue weighted by molar-refractivity contribution is 0.0697. The molecule has 1 aliphatic carbocycles. The predicted molar refractivity (Wildman–Crippen MR) is 99.3 cm³/mol. The number of anilines is 1. The molecule has 0 amide bonds. The SMILES string of the molecule is COc1cc(OC)c2c(c1)[C@H]1C=CC[C@H]1[C@@H](c1ccc(C(=O)O)cc1)N2. The van der Waals surface area contributed by atoms with E-state index in [1.54, 1.807) is 26.4 Å². The number of fused-ring (bicyclic) bond motifs is 3. The van der Waals surface area contributed by atoms with Crippen LogP contribution in [0.4, 0.5) is 5.69 Å². The minimum absolute atomic E-state index is 0.0904. The molecule has 0 aromatic heterocycles. The summed E-state index contributed by atoms with van der Waals surface area (Å²) < 4.78 is 11.0. The monoisotopic (exact) mass is 351 g/mol. The lowest BCUT2D eigenvalue weighted by Crippen LogP contribution is -2.29. The van der Waals surface area contributed by atoms with E-state index in [9.17, 15) is 4.79 Å². The Kier molecular flexibility index (Phi) is 4.07. The van der Waals surface area contributed by atoms with Crippen LogP contribution in [0.3, 0.4) is 0 Å². The van der Waals surface area contributed by atoms with Crippen LogP contribution in [0, 0.1) is 5.92 Å². The molecule has 0 radical (unpaired) electrons. The maximum atomic E-state index is 11.1. The average molecular weight is 351 g/mol. The first-order chi connectivity index (χ1) is 12.6. The standard InChI is InChI=1S/C21H21NO4/c1-25-14-10-17-15-4-3-5-16(15)19(22-20(17)18(11-14)26-2)12-6-8-13(9-7-12)21(23)24/h3-4,6-11,15-16,19,22H,5H2,1-2H3,(H,23,24)/t15-,16+,19+/m0/s1. The van der Waals surface area contributed by atoms with E-state index in [0.29, 0.717) is 11.5 Å². The smallest absolute Gasteiger partial charge is 0.335 e. The Labute approximate surface area is 152 Å². The third kappa shape index (κ3) is 2.60. The molecule has 5 heteroatoms. The molecule has 0 fully saturated rings.